The molecular weight excluding hydrogens is 338 g/mol. The molecule has 0 amide bonds. The maximum absolute atomic E-state index is 11.6. The van der Waals surface area contributed by atoms with Crippen molar-refractivity contribution in [2.75, 3.05) is 23.3 Å². The van der Waals surface area contributed by atoms with Crippen LogP contribution in [0.4, 0.5) is 17.1 Å². The van der Waals surface area contributed by atoms with E-state index in [1.807, 2.05) is 12.1 Å². The van der Waals surface area contributed by atoms with E-state index >= 15 is 0 Å². The van der Waals surface area contributed by atoms with Crippen molar-refractivity contribution in [3.8, 4) is 0 Å². The topological polar surface area (TPSA) is 58.4 Å². The molecule has 0 aromatic heterocycles. The highest BCUT2D eigenvalue weighted by Gasteiger charge is 2.21. The summed E-state index contributed by atoms with van der Waals surface area (Å²) in [5.74, 6) is 0. The van der Waals surface area contributed by atoms with Crippen LogP contribution in [-0.4, -0.2) is 18.0 Å². The number of nitro groups is 1. The molecule has 0 radical (unpaired) electrons. The molecule has 3 rings (SSSR count). The number of unbranched alkanes of at least 4 members (excludes halogenated alkanes) is 1. The van der Waals surface area contributed by atoms with Gasteiger partial charge in [0.2, 0.25) is 0 Å². The molecule has 5 nitrogen and oxygen atoms in total. The van der Waals surface area contributed by atoms with Crippen LogP contribution in [0.2, 0.25) is 0 Å². The van der Waals surface area contributed by atoms with Crippen LogP contribution in [0.3, 0.4) is 0 Å². The molecule has 0 aliphatic carbocycles. The maximum atomic E-state index is 11.6. The van der Waals surface area contributed by atoms with E-state index in [0.717, 1.165) is 49.3 Å². The van der Waals surface area contributed by atoms with Crippen molar-refractivity contribution in [2.45, 2.75) is 52.0 Å². The molecule has 1 fully saturated rings. The van der Waals surface area contributed by atoms with Crippen LogP contribution in [0.5, 0.6) is 0 Å². The number of nitrogens with one attached hydrogen (secondary N) is 1. The monoisotopic (exact) mass is 367 g/mol. The fourth-order valence-corrected chi connectivity index (χ4v) is 3.60. The van der Waals surface area contributed by atoms with Gasteiger partial charge in [0, 0.05) is 31.4 Å². The van der Waals surface area contributed by atoms with Gasteiger partial charge in [-0.15, -0.1) is 0 Å². The summed E-state index contributed by atoms with van der Waals surface area (Å²) in [5, 5.41) is 14.9. The van der Waals surface area contributed by atoms with Gasteiger partial charge in [-0.3, -0.25) is 10.1 Å². The number of piperidine rings is 1. The van der Waals surface area contributed by atoms with Crippen LogP contribution in [0.15, 0.2) is 42.5 Å². The third-order valence-electron chi connectivity index (χ3n) is 5.20. The van der Waals surface area contributed by atoms with Crippen molar-refractivity contribution in [1.29, 1.82) is 0 Å². The average Bonchev–Trinajstić information content (AvgIpc) is 2.72. The molecule has 5 heteroatoms. The maximum Gasteiger partial charge on any atom is 0.292 e. The molecule has 0 atom stereocenters. The van der Waals surface area contributed by atoms with E-state index in [1.165, 1.54) is 24.8 Å². The highest BCUT2D eigenvalue weighted by atomic mass is 16.6. The van der Waals surface area contributed by atoms with Gasteiger partial charge in [0.1, 0.15) is 5.69 Å². The van der Waals surface area contributed by atoms with Gasteiger partial charge in [0.15, 0.2) is 0 Å². The first-order valence-electron chi connectivity index (χ1n) is 10.0. The minimum Gasteiger partial charge on any atom is -0.381 e. The van der Waals surface area contributed by atoms with Gasteiger partial charge in [-0.25, -0.2) is 0 Å². The Morgan fingerprint density at radius 3 is 2.41 bits per heavy atom. The van der Waals surface area contributed by atoms with Crippen LogP contribution < -0.4 is 10.2 Å². The van der Waals surface area contributed by atoms with E-state index < -0.39 is 0 Å². The second-order valence-electron chi connectivity index (χ2n) is 7.28. The Labute approximate surface area is 161 Å². The number of aryl methyl sites for hydroxylation is 1. The van der Waals surface area contributed by atoms with Crippen LogP contribution in [-0.2, 0) is 13.0 Å². The van der Waals surface area contributed by atoms with Crippen molar-refractivity contribution >= 4 is 17.1 Å². The van der Waals surface area contributed by atoms with Crippen molar-refractivity contribution in [2.24, 2.45) is 0 Å². The smallest absolute Gasteiger partial charge is 0.292 e. The van der Waals surface area contributed by atoms with Gasteiger partial charge in [-0.1, -0.05) is 31.5 Å². The Bertz CT molecular complexity index is 753. The summed E-state index contributed by atoms with van der Waals surface area (Å²) >= 11 is 0. The Hall–Kier alpha value is -2.56. The van der Waals surface area contributed by atoms with Crippen LogP contribution in [0.1, 0.15) is 50.2 Å². The van der Waals surface area contributed by atoms with Gasteiger partial charge in [-0.05, 0) is 61.4 Å². The van der Waals surface area contributed by atoms with Crippen LogP contribution >= 0.6 is 0 Å². The molecule has 27 heavy (non-hydrogen) atoms. The summed E-state index contributed by atoms with van der Waals surface area (Å²) in [7, 11) is 0. The average molecular weight is 367 g/mol. The number of rotatable bonds is 8. The summed E-state index contributed by atoms with van der Waals surface area (Å²) < 4.78 is 0. The molecule has 1 heterocycles. The standard InChI is InChI=1S/C22H29N3O2/c1-2-3-7-18-8-11-20(12-9-18)23-17-19-10-13-21(22(16-19)25(26)27)24-14-5-4-6-15-24/h8-13,16,23H,2-7,14-15,17H2,1H3. The van der Waals surface area contributed by atoms with E-state index in [-0.39, 0.29) is 10.6 Å². The minimum atomic E-state index is -0.254. The molecule has 2 aromatic rings. The summed E-state index contributed by atoms with van der Waals surface area (Å²) in [5.41, 5.74) is 4.29. The normalized spacial score (nSPS) is 14.2. The van der Waals surface area contributed by atoms with Crippen molar-refractivity contribution < 1.29 is 4.92 Å². The van der Waals surface area contributed by atoms with Gasteiger partial charge in [0.25, 0.3) is 5.69 Å². The summed E-state index contributed by atoms with van der Waals surface area (Å²) in [6.07, 6.45) is 6.94. The first-order valence-corrected chi connectivity index (χ1v) is 10.0. The lowest BCUT2D eigenvalue weighted by atomic mass is 10.1. The summed E-state index contributed by atoms with van der Waals surface area (Å²) in [4.78, 5) is 13.5. The van der Waals surface area contributed by atoms with Crippen molar-refractivity contribution in [3.63, 3.8) is 0 Å². The molecule has 1 N–H and O–H groups in total. The fourth-order valence-electron chi connectivity index (χ4n) is 3.60. The zero-order valence-electron chi connectivity index (χ0n) is 16.1. The van der Waals surface area contributed by atoms with Crippen molar-refractivity contribution in [1.82, 2.24) is 0 Å². The minimum absolute atomic E-state index is 0.214. The first-order chi connectivity index (χ1) is 13.2. The number of nitro benzene ring substituents is 1. The molecule has 0 saturated carbocycles. The van der Waals surface area contributed by atoms with Gasteiger partial charge in [0.05, 0.1) is 4.92 Å². The van der Waals surface area contributed by atoms with E-state index in [0.29, 0.717) is 6.54 Å². The lowest BCUT2D eigenvalue weighted by Gasteiger charge is -2.28. The summed E-state index contributed by atoms with van der Waals surface area (Å²) in [6.45, 7) is 4.59. The highest BCUT2D eigenvalue weighted by Crippen LogP contribution is 2.31. The molecule has 0 spiro atoms. The zero-order chi connectivity index (χ0) is 19.1. The second kappa shape index (κ2) is 9.40. The quantitative estimate of drug-likeness (QED) is 0.491. The predicted octanol–water partition coefficient (Wildman–Crippen LogP) is 5.54. The molecule has 2 aromatic carbocycles. The second-order valence-corrected chi connectivity index (χ2v) is 7.28. The number of nitrogens with zero attached hydrogens (tertiary/aromatic N) is 2. The molecule has 1 aliphatic heterocycles. The van der Waals surface area contributed by atoms with Crippen LogP contribution in [0.25, 0.3) is 0 Å². The van der Waals surface area contributed by atoms with E-state index in [1.54, 1.807) is 6.07 Å². The Morgan fingerprint density at radius 2 is 1.74 bits per heavy atom. The number of hydrogen-bond acceptors (Lipinski definition) is 4. The molecule has 0 bridgehead atoms. The number of hydrogen-bond donors (Lipinski definition) is 1. The third-order valence-corrected chi connectivity index (χ3v) is 5.20. The summed E-state index contributed by atoms with van der Waals surface area (Å²) in [6, 6.07) is 14.1. The van der Waals surface area contributed by atoms with Gasteiger partial charge in [-0.2, -0.15) is 0 Å². The molecule has 0 unspecified atom stereocenters. The zero-order valence-corrected chi connectivity index (χ0v) is 16.1. The van der Waals surface area contributed by atoms with Crippen LogP contribution in [0, 0.1) is 10.1 Å². The fraction of sp³-hybridized carbons (Fsp3) is 0.455. The molecular formula is C22H29N3O2. The number of anilines is 2. The Kier molecular flexibility index (Phi) is 6.69. The predicted molar refractivity (Wildman–Crippen MR) is 112 cm³/mol. The highest BCUT2D eigenvalue weighted by molar-refractivity contribution is 5.64. The number of benzene rings is 2. The largest absolute Gasteiger partial charge is 0.381 e. The lowest BCUT2D eigenvalue weighted by molar-refractivity contribution is -0.384. The van der Waals surface area contributed by atoms with E-state index in [4.69, 9.17) is 0 Å². The van der Waals surface area contributed by atoms with E-state index in [9.17, 15) is 10.1 Å². The van der Waals surface area contributed by atoms with Gasteiger partial charge >= 0.3 is 0 Å². The Balaban J connectivity index is 1.66. The van der Waals surface area contributed by atoms with E-state index in [2.05, 4.69) is 41.4 Å². The first kappa shape index (κ1) is 19.2. The van der Waals surface area contributed by atoms with Crippen molar-refractivity contribution in [3.05, 3.63) is 63.7 Å². The van der Waals surface area contributed by atoms with Gasteiger partial charge < -0.3 is 10.2 Å². The SMILES string of the molecule is CCCCc1ccc(NCc2ccc(N3CCCCC3)c([N+](=O)[O-])c2)cc1. The lowest BCUT2D eigenvalue weighted by Crippen LogP contribution is -2.30. The third kappa shape index (κ3) is 5.22. The molecule has 1 aliphatic rings. The molecule has 144 valence electrons. The molecule has 1 saturated heterocycles. The Morgan fingerprint density at radius 1 is 1.04 bits per heavy atom.